The van der Waals surface area contributed by atoms with Gasteiger partial charge in [0.05, 0.1) is 0 Å². The molecule has 2 heteroatoms. The zero-order chi connectivity index (χ0) is 22.1. The normalized spacial score (nSPS) is 28.8. The van der Waals surface area contributed by atoms with E-state index in [1.165, 1.54) is 43.2 Å². The van der Waals surface area contributed by atoms with Crippen LogP contribution in [0, 0.1) is 11.3 Å². The highest BCUT2D eigenvalue weighted by Gasteiger charge is 2.51. The predicted molar refractivity (Wildman–Crippen MR) is 133 cm³/mol. The zero-order valence-electron chi connectivity index (χ0n) is 20.1. The Hall–Kier alpha value is -1.64. The van der Waals surface area contributed by atoms with Gasteiger partial charge in [0.2, 0.25) is 0 Å². The van der Waals surface area contributed by atoms with E-state index in [0.717, 1.165) is 25.4 Å². The number of hydrogen-bond acceptors (Lipinski definition) is 2. The van der Waals surface area contributed by atoms with E-state index >= 15 is 0 Å². The third kappa shape index (κ3) is 4.47. The van der Waals surface area contributed by atoms with Crippen molar-refractivity contribution in [2.45, 2.75) is 83.6 Å². The molecule has 0 amide bonds. The smallest absolute Gasteiger partial charge is 0.0306 e. The zero-order valence-corrected chi connectivity index (χ0v) is 20.1. The number of rotatable bonds is 7. The van der Waals surface area contributed by atoms with Crippen molar-refractivity contribution in [2.24, 2.45) is 17.1 Å². The van der Waals surface area contributed by atoms with Gasteiger partial charge in [0.1, 0.15) is 0 Å². The molecule has 3 N–H and O–H groups in total. The molecule has 0 heterocycles. The molecule has 2 aromatic carbocycles. The standard InChI is InChI=1S/C29H42N2/c1-21(2)23-11-13-25-24(19-23)12-14-27-28(3,16-8-17-29(25,27)4)20-31-18-15-26(30)22-9-6-5-7-10-22/h5-7,9-11,13,19,21,26-27,31H,8,12,14-18,20,30H2,1-4H3/t26?,27-,28-,29+/m0/s1. The molecule has 168 valence electrons. The van der Waals surface area contributed by atoms with Crippen LogP contribution in [0.2, 0.25) is 0 Å². The van der Waals surface area contributed by atoms with Gasteiger partial charge < -0.3 is 11.1 Å². The molecule has 0 radical (unpaired) electrons. The Morgan fingerprint density at radius 3 is 2.55 bits per heavy atom. The fourth-order valence-electron chi connectivity index (χ4n) is 6.71. The lowest BCUT2D eigenvalue weighted by Crippen LogP contribution is -2.52. The molecule has 2 nitrogen and oxygen atoms in total. The number of aryl methyl sites for hydroxylation is 1. The Balaban J connectivity index is 1.42. The molecule has 0 aliphatic heterocycles. The van der Waals surface area contributed by atoms with E-state index in [1.54, 1.807) is 11.1 Å². The van der Waals surface area contributed by atoms with Gasteiger partial charge in [-0.2, -0.15) is 0 Å². The summed E-state index contributed by atoms with van der Waals surface area (Å²) in [6.45, 7) is 11.8. The Labute approximate surface area is 190 Å². The number of benzene rings is 2. The van der Waals surface area contributed by atoms with Gasteiger partial charge in [-0.3, -0.25) is 0 Å². The molecule has 4 rings (SSSR count). The van der Waals surface area contributed by atoms with Crippen LogP contribution in [0.1, 0.15) is 94.0 Å². The van der Waals surface area contributed by atoms with Gasteiger partial charge in [0, 0.05) is 12.6 Å². The van der Waals surface area contributed by atoms with Crippen molar-refractivity contribution in [3.8, 4) is 0 Å². The van der Waals surface area contributed by atoms with Gasteiger partial charge in [0.25, 0.3) is 0 Å². The molecule has 0 saturated heterocycles. The fourth-order valence-corrected chi connectivity index (χ4v) is 6.71. The summed E-state index contributed by atoms with van der Waals surface area (Å²) in [5.41, 5.74) is 13.1. The van der Waals surface area contributed by atoms with Gasteiger partial charge in [-0.15, -0.1) is 0 Å². The van der Waals surface area contributed by atoms with Crippen LogP contribution in [0.5, 0.6) is 0 Å². The van der Waals surface area contributed by atoms with E-state index in [9.17, 15) is 0 Å². The lowest BCUT2D eigenvalue weighted by atomic mass is 9.49. The number of hydrogen-bond donors (Lipinski definition) is 2. The van der Waals surface area contributed by atoms with Crippen molar-refractivity contribution in [1.82, 2.24) is 5.32 Å². The number of nitrogens with two attached hydrogens (primary N) is 1. The van der Waals surface area contributed by atoms with Crippen molar-refractivity contribution in [3.63, 3.8) is 0 Å². The maximum atomic E-state index is 6.42. The monoisotopic (exact) mass is 418 g/mol. The van der Waals surface area contributed by atoms with Crippen molar-refractivity contribution in [3.05, 3.63) is 70.8 Å². The topological polar surface area (TPSA) is 38.0 Å². The van der Waals surface area contributed by atoms with Crippen LogP contribution in [-0.2, 0) is 11.8 Å². The summed E-state index contributed by atoms with van der Waals surface area (Å²) >= 11 is 0. The summed E-state index contributed by atoms with van der Waals surface area (Å²) in [6, 6.07) is 18.0. The van der Waals surface area contributed by atoms with Gasteiger partial charge >= 0.3 is 0 Å². The molecule has 0 spiro atoms. The highest BCUT2D eigenvalue weighted by molar-refractivity contribution is 5.42. The average Bonchev–Trinajstić information content (AvgIpc) is 2.76. The second-order valence-corrected chi connectivity index (χ2v) is 11.1. The van der Waals surface area contributed by atoms with Gasteiger partial charge in [-0.05, 0) is 83.6 Å². The first kappa shape index (κ1) is 22.6. The molecular weight excluding hydrogens is 376 g/mol. The van der Waals surface area contributed by atoms with Crippen molar-refractivity contribution >= 4 is 0 Å². The SMILES string of the molecule is CC(C)c1ccc2c(c1)CC[C@H]1[C@](C)(CNCCC(N)c3ccccc3)CCC[C@]21C. The molecule has 1 unspecified atom stereocenters. The minimum atomic E-state index is 0.120. The Bertz CT molecular complexity index is 874. The Morgan fingerprint density at radius 2 is 1.81 bits per heavy atom. The van der Waals surface area contributed by atoms with Gasteiger partial charge in [0.15, 0.2) is 0 Å². The molecule has 0 aromatic heterocycles. The molecule has 1 saturated carbocycles. The van der Waals surface area contributed by atoms with Crippen LogP contribution >= 0.6 is 0 Å². The lowest BCUT2D eigenvalue weighted by molar-refractivity contribution is 0.0259. The van der Waals surface area contributed by atoms with E-state index in [-0.39, 0.29) is 6.04 Å². The first-order valence-electron chi connectivity index (χ1n) is 12.5. The second-order valence-electron chi connectivity index (χ2n) is 11.1. The first-order valence-corrected chi connectivity index (χ1v) is 12.5. The van der Waals surface area contributed by atoms with E-state index in [4.69, 9.17) is 5.73 Å². The van der Waals surface area contributed by atoms with Crippen LogP contribution in [0.4, 0.5) is 0 Å². The van der Waals surface area contributed by atoms with Crippen LogP contribution < -0.4 is 11.1 Å². The Kier molecular flexibility index (Phi) is 6.60. The van der Waals surface area contributed by atoms with E-state index < -0.39 is 0 Å². The number of fused-ring (bicyclic) bond motifs is 3. The van der Waals surface area contributed by atoms with Crippen LogP contribution in [0.15, 0.2) is 48.5 Å². The maximum Gasteiger partial charge on any atom is 0.0306 e. The summed E-state index contributed by atoms with van der Waals surface area (Å²) in [6.07, 6.45) is 7.56. The highest BCUT2D eigenvalue weighted by atomic mass is 14.9. The molecule has 2 aliphatic rings. The minimum absolute atomic E-state index is 0.120. The third-order valence-corrected chi connectivity index (χ3v) is 8.56. The summed E-state index contributed by atoms with van der Waals surface area (Å²) < 4.78 is 0. The molecule has 2 aliphatic carbocycles. The summed E-state index contributed by atoms with van der Waals surface area (Å²) in [5.74, 6) is 1.36. The largest absolute Gasteiger partial charge is 0.324 e. The number of nitrogens with one attached hydrogen (secondary N) is 1. The summed E-state index contributed by atoms with van der Waals surface area (Å²) in [5, 5.41) is 3.81. The summed E-state index contributed by atoms with van der Waals surface area (Å²) in [4.78, 5) is 0. The van der Waals surface area contributed by atoms with Crippen molar-refractivity contribution in [2.75, 3.05) is 13.1 Å². The van der Waals surface area contributed by atoms with Gasteiger partial charge in [-0.1, -0.05) is 82.6 Å². The lowest BCUT2D eigenvalue weighted by Gasteiger charge is -2.55. The second kappa shape index (κ2) is 9.08. The highest BCUT2D eigenvalue weighted by Crippen LogP contribution is 2.57. The molecular formula is C29H42N2. The molecule has 4 atom stereocenters. The first-order chi connectivity index (χ1) is 14.8. The summed E-state index contributed by atoms with van der Waals surface area (Å²) in [7, 11) is 0. The molecule has 0 bridgehead atoms. The van der Waals surface area contributed by atoms with E-state index in [2.05, 4.69) is 81.5 Å². The maximum absolute atomic E-state index is 6.42. The van der Waals surface area contributed by atoms with E-state index in [1.807, 2.05) is 0 Å². The van der Waals surface area contributed by atoms with Crippen molar-refractivity contribution < 1.29 is 0 Å². The van der Waals surface area contributed by atoms with Crippen LogP contribution in [0.3, 0.4) is 0 Å². The quantitative estimate of drug-likeness (QED) is 0.504. The molecule has 1 fully saturated rings. The molecule has 2 aromatic rings. The van der Waals surface area contributed by atoms with Crippen molar-refractivity contribution in [1.29, 1.82) is 0 Å². The van der Waals surface area contributed by atoms with Crippen LogP contribution in [0.25, 0.3) is 0 Å². The average molecular weight is 419 g/mol. The fraction of sp³-hybridized carbons (Fsp3) is 0.586. The third-order valence-electron chi connectivity index (χ3n) is 8.56. The molecule has 31 heavy (non-hydrogen) atoms. The predicted octanol–water partition coefficient (Wildman–Crippen LogP) is 6.50. The minimum Gasteiger partial charge on any atom is -0.324 e. The Morgan fingerprint density at radius 1 is 1.03 bits per heavy atom. The van der Waals surface area contributed by atoms with Gasteiger partial charge in [-0.25, -0.2) is 0 Å². The van der Waals surface area contributed by atoms with Crippen LogP contribution in [-0.4, -0.2) is 13.1 Å². The van der Waals surface area contributed by atoms with E-state index in [0.29, 0.717) is 16.7 Å².